The fraction of sp³-hybridized carbons (Fsp3) is 0.310. The molecule has 0 radical (unpaired) electrons. The highest BCUT2D eigenvalue weighted by atomic mass is 19.1. The number of likely N-dealkylation sites (tertiary alicyclic amines) is 1. The molecule has 1 saturated heterocycles. The zero-order valence-electron chi connectivity index (χ0n) is 19.7. The topological polar surface area (TPSA) is 58.4 Å². The lowest BCUT2D eigenvalue weighted by Crippen LogP contribution is -2.39. The van der Waals surface area contributed by atoms with Crippen LogP contribution in [0.3, 0.4) is 0 Å². The minimum atomic E-state index is -0.465. The summed E-state index contributed by atoms with van der Waals surface area (Å²) in [6, 6.07) is 23.9. The van der Waals surface area contributed by atoms with E-state index in [2.05, 4.69) is 4.90 Å². The molecule has 0 bridgehead atoms. The molecule has 0 saturated carbocycles. The predicted octanol–water partition coefficient (Wildman–Crippen LogP) is 4.89. The van der Waals surface area contributed by atoms with Crippen LogP contribution in [0, 0.1) is 5.82 Å². The van der Waals surface area contributed by atoms with E-state index in [1.165, 1.54) is 12.1 Å². The number of rotatable bonds is 7. The monoisotopic (exact) mass is 471 g/mol. The third-order valence-electron chi connectivity index (χ3n) is 7.00. The van der Waals surface area contributed by atoms with Crippen molar-refractivity contribution in [2.75, 3.05) is 19.6 Å². The van der Waals surface area contributed by atoms with Gasteiger partial charge in [0.25, 0.3) is 5.56 Å². The molecule has 35 heavy (non-hydrogen) atoms. The molecule has 1 aliphatic heterocycles. The Morgan fingerprint density at radius 1 is 0.914 bits per heavy atom. The first-order valence-corrected chi connectivity index (χ1v) is 12.3. The zero-order chi connectivity index (χ0) is 24.2. The molecule has 5 rings (SSSR count). The van der Waals surface area contributed by atoms with Crippen LogP contribution in [-0.4, -0.2) is 39.4 Å². The van der Waals surface area contributed by atoms with Crippen LogP contribution < -0.4 is 5.56 Å². The van der Waals surface area contributed by atoms with Crippen LogP contribution in [-0.2, 0) is 6.42 Å². The highest BCUT2D eigenvalue weighted by Crippen LogP contribution is 2.25. The van der Waals surface area contributed by atoms with Crippen LogP contribution in [0.1, 0.15) is 48.2 Å². The van der Waals surface area contributed by atoms with Gasteiger partial charge in [0.15, 0.2) is 0 Å². The van der Waals surface area contributed by atoms with Crippen molar-refractivity contribution >= 4 is 10.8 Å². The Labute approximate surface area is 204 Å². The van der Waals surface area contributed by atoms with Crippen molar-refractivity contribution in [1.29, 1.82) is 0 Å². The summed E-state index contributed by atoms with van der Waals surface area (Å²) in [4.78, 5) is 15.7. The highest BCUT2D eigenvalue weighted by Gasteiger charge is 2.24. The Morgan fingerprint density at radius 2 is 1.57 bits per heavy atom. The summed E-state index contributed by atoms with van der Waals surface area (Å²) in [6.07, 6.45) is 2.43. The molecule has 1 fully saturated rings. The molecular weight excluding hydrogens is 441 g/mol. The smallest absolute Gasteiger partial charge is 0.274 e. The van der Waals surface area contributed by atoms with Crippen molar-refractivity contribution in [3.05, 3.63) is 112 Å². The van der Waals surface area contributed by atoms with E-state index in [-0.39, 0.29) is 17.4 Å². The molecule has 5 nitrogen and oxygen atoms in total. The van der Waals surface area contributed by atoms with Crippen molar-refractivity contribution in [3.63, 3.8) is 0 Å². The summed E-state index contributed by atoms with van der Waals surface area (Å²) in [7, 11) is 0. The number of hydrogen-bond donors (Lipinski definition) is 1. The molecule has 0 amide bonds. The second kappa shape index (κ2) is 10.5. The predicted molar refractivity (Wildman–Crippen MR) is 136 cm³/mol. The average Bonchev–Trinajstić information content (AvgIpc) is 2.91. The van der Waals surface area contributed by atoms with Crippen molar-refractivity contribution in [2.45, 2.75) is 37.8 Å². The van der Waals surface area contributed by atoms with Crippen molar-refractivity contribution in [2.24, 2.45) is 0 Å². The third kappa shape index (κ3) is 5.34. The summed E-state index contributed by atoms with van der Waals surface area (Å²) in [5, 5.41) is 16.8. The van der Waals surface area contributed by atoms with Crippen LogP contribution in [0.2, 0.25) is 0 Å². The normalized spacial score (nSPS) is 15.9. The first kappa shape index (κ1) is 23.4. The zero-order valence-corrected chi connectivity index (χ0v) is 19.7. The number of piperidine rings is 1. The van der Waals surface area contributed by atoms with E-state index in [0.717, 1.165) is 54.7 Å². The Morgan fingerprint density at radius 3 is 2.29 bits per heavy atom. The number of aliphatic hydroxyl groups is 1. The molecule has 1 aromatic heterocycles. The van der Waals surface area contributed by atoms with Crippen molar-refractivity contribution < 1.29 is 9.50 Å². The summed E-state index contributed by atoms with van der Waals surface area (Å²) < 4.78 is 15.1. The molecule has 3 aromatic carbocycles. The number of benzene rings is 3. The number of aromatic nitrogens is 2. The van der Waals surface area contributed by atoms with Crippen LogP contribution in [0.15, 0.2) is 83.7 Å². The molecule has 2 heterocycles. The Kier molecular flexibility index (Phi) is 7.02. The van der Waals surface area contributed by atoms with Gasteiger partial charge in [0.1, 0.15) is 5.82 Å². The standard InChI is InChI=1S/C29H30FN3O2/c30-23-12-10-21(11-13-23)20-27-25-8-4-5-9-26(25)29(35)33(31-27)24-14-17-32(18-15-24)19-16-28(34)22-6-2-1-3-7-22/h1-13,24,28,34H,14-20H2. The molecule has 1 aliphatic rings. The molecule has 4 aromatic rings. The molecular formula is C29H30FN3O2. The van der Waals surface area contributed by atoms with Gasteiger partial charge in [-0.3, -0.25) is 4.79 Å². The van der Waals surface area contributed by atoms with Crippen molar-refractivity contribution in [3.8, 4) is 0 Å². The van der Waals surface area contributed by atoms with Gasteiger partial charge < -0.3 is 10.0 Å². The fourth-order valence-corrected chi connectivity index (χ4v) is 4.98. The second-order valence-electron chi connectivity index (χ2n) is 9.33. The highest BCUT2D eigenvalue weighted by molar-refractivity contribution is 5.83. The molecule has 1 unspecified atom stereocenters. The van der Waals surface area contributed by atoms with Gasteiger partial charge in [-0.05, 0) is 48.6 Å². The van der Waals surface area contributed by atoms with Gasteiger partial charge in [-0.15, -0.1) is 0 Å². The molecule has 180 valence electrons. The van der Waals surface area contributed by atoms with E-state index in [1.807, 2.05) is 54.6 Å². The average molecular weight is 472 g/mol. The van der Waals surface area contributed by atoms with E-state index in [0.29, 0.717) is 18.2 Å². The van der Waals surface area contributed by atoms with E-state index in [1.54, 1.807) is 16.8 Å². The number of nitrogens with zero attached hydrogens (tertiary/aromatic N) is 3. The lowest BCUT2D eigenvalue weighted by molar-refractivity contribution is 0.121. The molecule has 1 atom stereocenters. The number of halogens is 1. The quantitative estimate of drug-likeness (QED) is 0.417. The van der Waals surface area contributed by atoms with Crippen LogP contribution in [0.4, 0.5) is 4.39 Å². The summed E-state index contributed by atoms with van der Waals surface area (Å²) >= 11 is 0. The molecule has 1 N–H and O–H groups in total. The Bertz CT molecular complexity index is 1330. The minimum Gasteiger partial charge on any atom is -0.388 e. The Hall–Kier alpha value is -3.35. The lowest BCUT2D eigenvalue weighted by Gasteiger charge is -2.33. The van der Waals surface area contributed by atoms with Gasteiger partial charge in [-0.2, -0.15) is 5.10 Å². The van der Waals surface area contributed by atoms with Gasteiger partial charge in [0.2, 0.25) is 0 Å². The van der Waals surface area contributed by atoms with Gasteiger partial charge in [-0.1, -0.05) is 60.7 Å². The van der Waals surface area contributed by atoms with Gasteiger partial charge in [0.05, 0.1) is 23.2 Å². The minimum absolute atomic E-state index is 0.0365. The van der Waals surface area contributed by atoms with Crippen LogP contribution in [0.25, 0.3) is 10.8 Å². The molecule has 6 heteroatoms. The van der Waals surface area contributed by atoms with Crippen LogP contribution in [0.5, 0.6) is 0 Å². The SMILES string of the molecule is O=c1c2ccccc2c(Cc2ccc(F)cc2)nn1C1CCN(CCC(O)c2ccccc2)CC1. The van der Waals surface area contributed by atoms with E-state index >= 15 is 0 Å². The summed E-state index contributed by atoms with van der Waals surface area (Å²) in [5.41, 5.74) is 2.69. The summed E-state index contributed by atoms with van der Waals surface area (Å²) in [5.74, 6) is -0.264. The maximum absolute atomic E-state index is 13.4. The first-order chi connectivity index (χ1) is 17.1. The van der Waals surface area contributed by atoms with Crippen LogP contribution >= 0.6 is 0 Å². The largest absolute Gasteiger partial charge is 0.388 e. The van der Waals surface area contributed by atoms with E-state index in [9.17, 15) is 14.3 Å². The first-order valence-electron chi connectivity index (χ1n) is 12.3. The number of aliphatic hydroxyl groups excluding tert-OH is 1. The number of fused-ring (bicyclic) bond motifs is 1. The molecule has 0 spiro atoms. The second-order valence-corrected chi connectivity index (χ2v) is 9.33. The maximum atomic E-state index is 13.4. The van der Waals surface area contributed by atoms with Gasteiger partial charge >= 0.3 is 0 Å². The molecule has 0 aliphatic carbocycles. The van der Waals surface area contributed by atoms with E-state index in [4.69, 9.17) is 5.10 Å². The van der Waals surface area contributed by atoms with E-state index < -0.39 is 6.10 Å². The Balaban J connectivity index is 1.30. The van der Waals surface area contributed by atoms with Gasteiger partial charge in [0, 0.05) is 31.4 Å². The number of hydrogen-bond acceptors (Lipinski definition) is 4. The van der Waals surface area contributed by atoms with Gasteiger partial charge in [-0.25, -0.2) is 9.07 Å². The lowest BCUT2D eigenvalue weighted by atomic mass is 10.0. The summed E-state index contributed by atoms with van der Waals surface area (Å²) in [6.45, 7) is 2.54. The maximum Gasteiger partial charge on any atom is 0.274 e. The third-order valence-corrected chi connectivity index (χ3v) is 7.00. The van der Waals surface area contributed by atoms with Crippen molar-refractivity contribution in [1.82, 2.24) is 14.7 Å². The fourth-order valence-electron chi connectivity index (χ4n) is 4.98.